The lowest BCUT2D eigenvalue weighted by atomic mass is 10.1. The van der Waals surface area contributed by atoms with Crippen molar-refractivity contribution < 1.29 is 23.1 Å². The summed E-state index contributed by atoms with van der Waals surface area (Å²) < 4.78 is 36.9. The number of halogens is 4. The molecule has 0 saturated carbocycles. The van der Waals surface area contributed by atoms with Crippen LogP contribution in [0.4, 0.5) is 13.2 Å². The van der Waals surface area contributed by atoms with Gasteiger partial charge in [0.2, 0.25) is 0 Å². The van der Waals surface area contributed by atoms with Gasteiger partial charge in [-0.3, -0.25) is 9.69 Å². The van der Waals surface area contributed by atoms with Gasteiger partial charge in [-0.1, -0.05) is 23.7 Å². The maximum atomic E-state index is 12.3. The van der Waals surface area contributed by atoms with Crippen molar-refractivity contribution in [3.63, 3.8) is 0 Å². The fourth-order valence-corrected chi connectivity index (χ4v) is 1.92. The fraction of sp³-hybridized carbons (Fsp3) is 0.462. The lowest BCUT2D eigenvalue weighted by Gasteiger charge is -2.22. The number of alkyl halides is 3. The molecule has 0 spiro atoms. The lowest BCUT2D eigenvalue weighted by Crippen LogP contribution is -2.37. The first-order chi connectivity index (χ1) is 9.31. The molecule has 0 heterocycles. The van der Waals surface area contributed by atoms with Crippen molar-refractivity contribution in [1.82, 2.24) is 4.90 Å². The van der Waals surface area contributed by atoms with Crippen LogP contribution in [0, 0.1) is 0 Å². The number of benzene rings is 1. The summed E-state index contributed by atoms with van der Waals surface area (Å²) in [5.41, 5.74) is 0.369. The van der Waals surface area contributed by atoms with Crippen LogP contribution in [0.5, 0.6) is 0 Å². The number of aliphatic hydroxyl groups is 1. The monoisotopic (exact) mass is 309 g/mol. The molecule has 0 amide bonds. The minimum atomic E-state index is -4.35. The van der Waals surface area contributed by atoms with Gasteiger partial charge in [0.25, 0.3) is 0 Å². The average molecular weight is 310 g/mol. The van der Waals surface area contributed by atoms with Crippen LogP contribution < -0.4 is 0 Å². The molecule has 112 valence electrons. The van der Waals surface area contributed by atoms with Gasteiger partial charge in [-0.2, -0.15) is 13.2 Å². The Hall–Kier alpha value is -1.11. The third-order valence-electron chi connectivity index (χ3n) is 2.62. The van der Waals surface area contributed by atoms with Gasteiger partial charge < -0.3 is 5.11 Å². The number of aliphatic hydroxyl groups excluding tert-OH is 1. The molecule has 3 nitrogen and oxygen atoms in total. The molecule has 0 atom stereocenters. The second kappa shape index (κ2) is 7.61. The van der Waals surface area contributed by atoms with E-state index in [1.807, 2.05) is 0 Å². The van der Waals surface area contributed by atoms with E-state index in [1.165, 1.54) is 6.07 Å². The van der Waals surface area contributed by atoms with Crippen molar-refractivity contribution >= 4 is 17.4 Å². The quantitative estimate of drug-likeness (QED) is 0.787. The first kappa shape index (κ1) is 16.9. The molecule has 0 aliphatic heterocycles. The molecule has 0 aromatic heterocycles. The maximum absolute atomic E-state index is 12.3. The maximum Gasteiger partial charge on any atom is 0.401 e. The minimum Gasteiger partial charge on any atom is -0.395 e. The van der Waals surface area contributed by atoms with E-state index in [9.17, 15) is 18.0 Å². The van der Waals surface area contributed by atoms with Crippen molar-refractivity contribution in [2.24, 2.45) is 0 Å². The third kappa shape index (κ3) is 6.36. The standard InChI is InChI=1S/C13H15ClF3NO2/c14-11-3-1-2-10(8-11)12(20)4-5-18(6-7-19)9-13(15,16)17/h1-3,8,19H,4-7,9H2. The molecule has 1 aromatic rings. The van der Waals surface area contributed by atoms with Crippen molar-refractivity contribution in [2.75, 3.05) is 26.2 Å². The molecule has 0 aliphatic carbocycles. The molecular formula is C13H15ClF3NO2. The van der Waals surface area contributed by atoms with Crippen molar-refractivity contribution in [1.29, 1.82) is 0 Å². The topological polar surface area (TPSA) is 40.5 Å². The molecule has 1 N–H and O–H groups in total. The second-order valence-corrected chi connectivity index (χ2v) is 4.73. The number of nitrogens with zero attached hydrogens (tertiary/aromatic N) is 1. The predicted molar refractivity (Wildman–Crippen MR) is 70.0 cm³/mol. The Balaban J connectivity index is 2.56. The summed E-state index contributed by atoms with van der Waals surface area (Å²) in [6.07, 6.45) is -4.41. The molecule has 0 bridgehead atoms. The van der Waals surface area contributed by atoms with Crippen LogP contribution in [-0.2, 0) is 0 Å². The van der Waals surface area contributed by atoms with Crippen LogP contribution in [0.1, 0.15) is 16.8 Å². The summed E-state index contributed by atoms with van der Waals surface area (Å²) in [4.78, 5) is 12.8. The summed E-state index contributed by atoms with van der Waals surface area (Å²) >= 11 is 5.74. The zero-order valence-electron chi connectivity index (χ0n) is 10.7. The van der Waals surface area contributed by atoms with E-state index in [1.54, 1.807) is 18.2 Å². The minimum absolute atomic E-state index is 0.0591. The number of ketones is 1. The highest BCUT2D eigenvalue weighted by atomic mass is 35.5. The zero-order chi connectivity index (χ0) is 15.2. The van der Waals surface area contributed by atoms with E-state index in [2.05, 4.69) is 0 Å². The number of Topliss-reactive ketones (excluding diaryl/α,β-unsaturated/α-hetero) is 1. The first-order valence-electron chi connectivity index (χ1n) is 6.00. The van der Waals surface area contributed by atoms with E-state index in [0.29, 0.717) is 10.6 Å². The number of carbonyl (C=O) groups excluding carboxylic acids is 1. The highest BCUT2D eigenvalue weighted by Crippen LogP contribution is 2.17. The van der Waals surface area contributed by atoms with E-state index < -0.39 is 12.7 Å². The number of hydrogen-bond donors (Lipinski definition) is 1. The van der Waals surface area contributed by atoms with Gasteiger partial charge in [0, 0.05) is 30.1 Å². The van der Waals surface area contributed by atoms with Crippen molar-refractivity contribution in [3.05, 3.63) is 34.9 Å². The second-order valence-electron chi connectivity index (χ2n) is 4.30. The highest BCUT2D eigenvalue weighted by molar-refractivity contribution is 6.31. The largest absolute Gasteiger partial charge is 0.401 e. The summed E-state index contributed by atoms with van der Waals surface area (Å²) in [5.74, 6) is -0.280. The van der Waals surface area contributed by atoms with Crippen LogP contribution in [0.2, 0.25) is 5.02 Å². The smallest absolute Gasteiger partial charge is 0.395 e. The highest BCUT2D eigenvalue weighted by Gasteiger charge is 2.30. The van der Waals surface area contributed by atoms with Gasteiger partial charge in [0.15, 0.2) is 5.78 Å². The van der Waals surface area contributed by atoms with Crippen LogP contribution in [-0.4, -0.2) is 48.2 Å². The van der Waals surface area contributed by atoms with Gasteiger partial charge in [0.1, 0.15) is 0 Å². The van der Waals surface area contributed by atoms with Crippen LogP contribution in [0.15, 0.2) is 24.3 Å². The third-order valence-corrected chi connectivity index (χ3v) is 2.86. The van der Waals surface area contributed by atoms with Gasteiger partial charge in [-0.15, -0.1) is 0 Å². The molecule has 0 saturated heterocycles. The predicted octanol–water partition coefficient (Wildman–Crippen LogP) is 2.77. The van der Waals surface area contributed by atoms with E-state index in [-0.39, 0.29) is 31.9 Å². The fourth-order valence-electron chi connectivity index (χ4n) is 1.73. The van der Waals surface area contributed by atoms with Crippen molar-refractivity contribution in [2.45, 2.75) is 12.6 Å². The lowest BCUT2D eigenvalue weighted by molar-refractivity contribution is -0.146. The SMILES string of the molecule is O=C(CCN(CCO)CC(F)(F)F)c1cccc(Cl)c1. The Morgan fingerprint density at radius 3 is 2.55 bits per heavy atom. The molecule has 0 fully saturated rings. The van der Waals surface area contributed by atoms with Crippen LogP contribution in [0.3, 0.4) is 0 Å². The van der Waals surface area contributed by atoms with Crippen LogP contribution in [0.25, 0.3) is 0 Å². The molecule has 1 aromatic carbocycles. The summed E-state index contributed by atoms with van der Waals surface area (Å²) in [6, 6.07) is 6.26. The summed E-state index contributed by atoms with van der Waals surface area (Å²) in [5, 5.41) is 9.14. The Labute approximate surface area is 120 Å². The molecule has 0 aliphatic rings. The normalized spacial score (nSPS) is 11.9. The average Bonchev–Trinajstić information content (AvgIpc) is 2.34. The van der Waals surface area contributed by atoms with Gasteiger partial charge in [-0.05, 0) is 12.1 Å². The number of hydrogen-bond acceptors (Lipinski definition) is 3. The zero-order valence-corrected chi connectivity index (χ0v) is 11.4. The molecule has 0 radical (unpaired) electrons. The van der Waals surface area contributed by atoms with Gasteiger partial charge in [-0.25, -0.2) is 0 Å². The molecule has 1 rings (SSSR count). The Bertz CT molecular complexity index is 451. The Morgan fingerprint density at radius 2 is 2.00 bits per heavy atom. The summed E-state index contributed by atoms with van der Waals surface area (Å²) in [7, 11) is 0. The van der Waals surface area contributed by atoms with E-state index >= 15 is 0 Å². The van der Waals surface area contributed by atoms with Gasteiger partial charge in [0.05, 0.1) is 13.2 Å². The number of carbonyl (C=O) groups is 1. The molecule has 7 heteroatoms. The molecule has 20 heavy (non-hydrogen) atoms. The Kier molecular flexibility index (Phi) is 6.45. The van der Waals surface area contributed by atoms with E-state index in [0.717, 1.165) is 4.90 Å². The van der Waals surface area contributed by atoms with Crippen LogP contribution >= 0.6 is 11.6 Å². The van der Waals surface area contributed by atoms with Crippen molar-refractivity contribution in [3.8, 4) is 0 Å². The summed E-state index contributed by atoms with van der Waals surface area (Å²) in [6.45, 7) is -1.72. The van der Waals surface area contributed by atoms with E-state index in [4.69, 9.17) is 16.7 Å². The van der Waals surface area contributed by atoms with Gasteiger partial charge >= 0.3 is 6.18 Å². The first-order valence-corrected chi connectivity index (χ1v) is 6.38. The number of rotatable bonds is 7. The Morgan fingerprint density at radius 1 is 1.30 bits per heavy atom. The molecular weight excluding hydrogens is 295 g/mol. The molecule has 0 unspecified atom stereocenters.